The number of piperidine rings is 1. The maximum absolute atomic E-state index is 12.0. The lowest BCUT2D eigenvalue weighted by Crippen LogP contribution is -2.46. The van der Waals surface area contributed by atoms with Crippen LogP contribution in [0.15, 0.2) is 30.3 Å². The molecule has 0 aliphatic carbocycles. The second-order valence-corrected chi connectivity index (χ2v) is 6.25. The standard InChI is InChI=1S/C19H27N3O4/c1-2-26-19(25)22-13-10-16(11-14-22)21-17(23)9-6-12-20-18(24)15-7-4-3-5-8-15/h3-5,7-8,16H,2,6,9-14H2,1H3,(H,20,24)(H,21,23). The molecule has 2 rings (SSSR count). The first-order chi connectivity index (χ1) is 12.6. The number of benzene rings is 1. The predicted molar refractivity (Wildman–Crippen MR) is 97.8 cm³/mol. The van der Waals surface area contributed by atoms with Gasteiger partial charge in [-0.1, -0.05) is 18.2 Å². The minimum Gasteiger partial charge on any atom is -0.450 e. The smallest absolute Gasteiger partial charge is 0.409 e. The summed E-state index contributed by atoms with van der Waals surface area (Å²) in [6.07, 6.45) is 2.13. The van der Waals surface area contributed by atoms with Gasteiger partial charge in [0, 0.05) is 37.7 Å². The van der Waals surface area contributed by atoms with Gasteiger partial charge in [-0.2, -0.15) is 0 Å². The van der Waals surface area contributed by atoms with Gasteiger partial charge in [0.15, 0.2) is 0 Å². The summed E-state index contributed by atoms with van der Waals surface area (Å²) in [5.74, 6) is -0.147. The van der Waals surface area contributed by atoms with Crippen LogP contribution in [0.5, 0.6) is 0 Å². The average Bonchev–Trinajstić information content (AvgIpc) is 2.66. The third-order valence-electron chi connectivity index (χ3n) is 4.29. The van der Waals surface area contributed by atoms with Crippen molar-refractivity contribution in [2.45, 2.75) is 38.6 Å². The Morgan fingerprint density at radius 2 is 1.85 bits per heavy atom. The van der Waals surface area contributed by atoms with E-state index in [0.29, 0.717) is 44.6 Å². The number of carbonyl (C=O) groups is 3. The molecule has 3 amide bonds. The lowest BCUT2D eigenvalue weighted by atomic mass is 10.1. The van der Waals surface area contributed by atoms with Crippen LogP contribution in [0.2, 0.25) is 0 Å². The van der Waals surface area contributed by atoms with Crippen molar-refractivity contribution in [3.63, 3.8) is 0 Å². The van der Waals surface area contributed by atoms with Crippen LogP contribution in [0.25, 0.3) is 0 Å². The van der Waals surface area contributed by atoms with Crippen LogP contribution in [0.4, 0.5) is 4.79 Å². The SMILES string of the molecule is CCOC(=O)N1CCC(NC(=O)CCCNC(=O)c2ccccc2)CC1. The second kappa shape index (κ2) is 10.4. The summed E-state index contributed by atoms with van der Waals surface area (Å²) >= 11 is 0. The van der Waals surface area contributed by atoms with Crippen molar-refractivity contribution in [1.82, 2.24) is 15.5 Å². The zero-order valence-corrected chi connectivity index (χ0v) is 15.2. The fourth-order valence-electron chi connectivity index (χ4n) is 2.86. The zero-order valence-electron chi connectivity index (χ0n) is 15.2. The fraction of sp³-hybridized carbons (Fsp3) is 0.526. The number of ether oxygens (including phenoxy) is 1. The van der Waals surface area contributed by atoms with E-state index in [-0.39, 0.29) is 23.9 Å². The Labute approximate surface area is 154 Å². The van der Waals surface area contributed by atoms with Gasteiger partial charge in [0.05, 0.1) is 6.61 Å². The molecule has 0 saturated carbocycles. The molecule has 1 saturated heterocycles. The molecule has 0 atom stereocenters. The number of nitrogens with one attached hydrogen (secondary N) is 2. The van der Waals surface area contributed by atoms with Crippen molar-refractivity contribution in [2.24, 2.45) is 0 Å². The number of hydrogen-bond donors (Lipinski definition) is 2. The summed E-state index contributed by atoms with van der Waals surface area (Å²) in [7, 11) is 0. The predicted octanol–water partition coefficient (Wildman–Crippen LogP) is 1.93. The fourth-order valence-corrected chi connectivity index (χ4v) is 2.86. The third kappa shape index (κ3) is 6.38. The number of carbonyl (C=O) groups excluding carboxylic acids is 3. The molecular weight excluding hydrogens is 334 g/mol. The normalized spacial score (nSPS) is 14.6. The van der Waals surface area contributed by atoms with E-state index >= 15 is 0 Å². The van der Waals surface area contributed by atoms with Crippen molar-refractivity contribution >= 4 is 17.9 Å². The number of nitrogens with zero attached hydrogens (tertiary/aromatic N) is 1. The van der Waals surface area contributed by atoms with Crippen molar-refractivity contribution in [3.05, 3.63) is 35.9 Å². The highest BCUT2D eigenvalue weighted by atomic mass is 16.6. The van der Waals surface area contributed by atoms with Crippen LogP contribution in [0.3, 0.4) is 0 Å². The van der Waals surface area contributed by atoms with Gasteiger partial charge < -0.3 is 20.3 Å². The molecule has 142 valence electrons. The lowest BCUT2D eigenvalue weighted by molar-refractivity contribution is -0.122. The largest absolute Gasteiger partial charge is 0.450 e. The van der Waals surface area contributed by atoms with Gasteiger partial charge in [-0.3, -0.25) is 9.59 Å². The molecule has 1 aromatic carbocycles. The molecule has 7 heteroatoms. The van der Waals surface area contributed by atoms with E-state index in [1.807, 2.05) is 18.2 Å². The first-order valence-electron chi connectivity index (χ1n) is 9.14. The minimum atomic E-state index is -0.286. The van der Waals surface area contributed by atoms with Crippen LogP contribution in [-0.2, 0) is 9.53 Å². The van der Waals surface area contributed by atoms with Gasteiger partial charge in [0.25, 0.3) is 5.91 Å². The van der Waals surface area contributed by atoms with Gasteiger partial charge in [-0.05, 0) is 38.3 Å². The number of likely N-dealkylation sites (tertiary alicyclic amines) is 1. The number of amides is 3. The minimum absolute atomic E-state index is 0.0199. The molecule has 1 aromatic rings. The summed E-state index contributed by atoms with van der Waals surface area (Å²) in [6.45, 7) is 3.81. The van der Waals surface area contributed by atoms with Crippen LogP contribution >= 0.6 is 0 Å². The Kier molecular flexibility index (Phi) is 7.92. The first kappa shape index (κ1) is 19.8. The highest BCUT2D eigenvalue weighted by Gasteiger charge is 2.24. The Morgan fingerprint density at radius 3 is 2.50 bits per heavy atom. The van der Waals surface area contributed by atoms with Crippen LogP contribution < -0.4 is 10.6 Å². The third-order valence-corrected chi connectivity index (χ3v) is 4.29. The van der Waals surface area contributed by atoms with Crippen LogP contribution in [0, 0.1) is 0 Å². The maximum Gasteiger partial charge on any atom is 0.409 e. The summed E-state index contributed by atoms with van der Waals surface area (Å²) in [5, 5.41) is 5.81. The van der Waals surface area contributed by atoms with E-state index in [2.05, 4.69) is 10.6 Å². The maximum atomic E-state index is 12.0. The molecule has 0 aromatic heterocycles. The van der Waals surface area contributed by atoms with E-state index < -0.39 is 0 Å². The first-order valence-corrected chi connectivity index (χ1v) is 9.14. The number of hydrogen-bond acceptors (Lipinski definition) is 4. The monoisotopic (exact) mass is 361 g/mol. The van der Waals surface area contributed by atoms with E-state index in [4.69, 9.17) is 4.74 Å². The average molecular weight is 361 g/mol. The molecule has 1 fully saturated rings. The highest BCUT2D eigenvalue weighted by molar-refractivity contribution is 5.94. The van der Waals surface area contributed by atoms with E-state index in [1.165, 1.54) is 0 Å². The molecule has 0 radical (unpaired) electrons. The molecule has 1 aliphatic rings. The van der Waals surface area contributed by atoms with Crippen molar-refractivity contribution in [1.29, 1.82) is 0 Å². The van der Waals surface area contributed by atoms with Gasteiger partial charge in [0.2, 0.25) is 5.91 Å². The van der Waals surface area contributed by atoms with Crippen LogP contribution in [0.1, 0.15) is 43.0 Å². The topological polar surface area (TPSA) is 87.7 Å². The molecule has 2 N–H and O–H groups in total. The second-order valence-electron chi connectivity index (χ2n) is 6.25. The number of rotatable bonds is 7. The molecule has 0 bridgehead atoms. The Hall–Kier alpha value is -2.57. The molecule has 1 heterocycles. The summed E-state index contributed by atoms with van der Waals surface area (Å²) in [4.78, 5) is 37.2. The Balaban J connectivity index is 1.58. The zero-order chi connectivity index (χ0) is 18.8. The van der Waals surface area contributed by atoms with Crippen molar-refractivity contribution in [2.75, 3.05) is 26.2 Å². The molecule has 0 unspecified atom stereocenters. The Morgan fingerprint density at radius 1 is 1.15 bits per heavy atom. The van der Waals surface area contributed by atoms with E-state index in [0.717, 1.165) is 12.8 Å². The van der Waals surface area contributed by atoms with E-state index in [9.17, 15) is 14.4 Å². The molecule has 0 spiro atoms. The van der Waals surface area contributed by atoms with E-state index in [1.54, 1.807) is 24.0 Å². The van der Waals surface area contributed by atoms with Gasteiger partial charge in [-0.25, -0.2) is 4.79 Å². The van der Waals surface area contributed by atoms with Crippen LogP contribution in [-0.4, -0.2) is 55.1 Å². The quantitative estimate of drug-likeness (QED) is 0.727. The Bertz CT molecular complexity index is 598. The summed E-state index contributed by atoms with van der Waals surface area (Å²) < 4.78 is 4.98. The molecule has 26 heavy (non-hydrogen) atoms. The summed E-state index contributed by atoms with van der Waals surface area (Å²) in [5.41, 5.74) is 0.616. The highest BCUT2D eigenvalue weighted by Crippen LogP contribution is 2.11. The van der Waals surface area contributed by atoms with Gasteiger partial charge in [0.1, 0.15) is 0 Å². The molecule has 1 aliphatic heterocycles. The molecular formula is C19H27N3O4. The van der Waals surface area contributed by atoms with Crippen molar-refractivity contribution < 1.29 is 19.1 Å². The van der Waals surface area contributed by atoms with Gasteiger partial charge in [-0.15, -0.1) is 0 Å². The molecule has 7 nitrogen and oxygen atoms in total. The lowest BCUT2D eigenvalue weighted by Gasteiger charge is -2.31. The van der Waals surface area contributed by atoms with Gasteiger partial charge >= 0.3 is 6.09 Å². The summed E-state index contributed by atoms with van der Waals surface area (Å²) in [6, 6.07) is 9.09. The van der Waals surface area contributed by atoms with Crippen molar-refractivity contribution in [3.8, 4) is 0 Å².